The monoisotopic (exact) mass is 384 g/mol. The molecule has 0 rings (SSSR count). The van der Waals surface area contributed by atoms with E-state index in [9.17, 15) is 9.90 Å². The number of ether oxygens (including phenoxy) is 1. The van der Waals surface area contributed by atoms with Crippen LogP contribution in [0.3, 0.4) is 0 Å². The average Bonchev–Trinajstić information content (AvgIpc) is 2.66. The van der Waals surface area contributed by atoms with Gasteiger partial charge >= 0.3 is 5.97 Å². The van der Waals surface area contributed by atoms with Crippen molar-refractivity contribution < 1.29 is 14.6 Å². The Labute approximate surface area is 169 Å². The second kappa shape index (κ2) is 21.7. The molecule has 27 heavy (non-hydrogen) atoms. The van der Waals surface area contributed by atoms with Crippen molar-refractivity contribution in [1.29, 1.82) is 0 Å². The van der Waals surface area contributed by atoms with E-state index in [1.54, 1.807) is 0 Å². The third-order valence-electron chi connectivity index (χ3n) is 5.34. The van der Waals surface area contributed by atoms with Crippen LogP contribution in [0.4, 0.5) is 0 Å². The van der Waals surface area contributed by atoms with Gasteiger partial charge in [0.2, 0.25) is 0 Å². The molecule has 0 heterocycles. The summed E-state index contributed by atoms with van der Waals surface area (Å²) in [6, 6.07) is 0. The van der Waals surface area contributed by atoms with Gasteiger partial charge in [-0.25, -0.2) is 0 Å². The fourth-order valence-electron chi connectivity index (χ4n) is 3.56. The molecule has 0 radical (unpaired) electrons. The minimum absolute atomic E-state index is 0.0474. The third-order valence-corrected chi connectivity index (χ3v) is 5.34. The average molecular weight is 385 g/mol. The number of carbonyl (C=O) groups is 1. The number of carbonyl (C=O) groups excluding carboxylic acids is 1. The molecule has 0 fully saturated rings. The van der Waals surface area contributed by atoms with Crippen molar-refractivity contribution in [2.24, 2.45) is 0 Å². The van der Waals surface area contributed by atoms with Crippen LogP contribution in [-0.2, 0) is 9.53 Å². The summed E-state index contributed by atoms with van der Waals surface area (Å²) in [6.07, 6.45) is 23.5. The summed E-state index contributed by atoms with van der Waals surface area (Å²) in [5.41, 5.74) is 0. The van der Waals surface area contributed by atoms with Crippen molar-refractivity contribution in [3.63, 3.8) is 0 Å². The number of aliphatic hydroxyl groups is 1. The minimum atomic E-state index is -0.296. The van der Waals surface area contributed by atoms with Crippen molar-refractivity contribution in [3.8, 4) is 0 Å². The molecule has 0 spiro atoms. The Balaban J connectivity index is 3.25. The van der Waals surface area contributed by atoms with Crippen molar-refractivity contribution >= 4 is 5.97 Å². The smallest absolute Gasteiger partial charge is 0.306 e. The van der Waals surface area contributed by atoms with Gasteiger partial charge in [-0.05, 0) is 19.3 Å². The van der Waals surface area contributed by atoms with Crippen molar-refractivity contribution in [1.82, 2.24) is 0 Å². The Morgan fingerprint density at radius 3 is 1.44 bits per heavy atom. The second-order valence-electron chi connectivity index (χ2n) is 8.14. The molecule has 0 aliphatic carbocycles. The lowest BCUT2D eigenvalue weighted by Gasteiger charge is -2.15. The van der Waals surface area contributed by atoms with Crippen LogP contribution in [0.5, 0.6) is 0 Å². The van der Waals surface area contributed by atoms with Gasteiger partial charge in [-0.1, -0.05) is 110 Å². The molecule has 1 unspecified atom stereocenters. The highest BCUT2D eigenvalue weighted by Crippen LogP contribution is 2.15. The van der Waals surface area contributed by atoms with E-state index >= 15 is 0 Å². The number of esters is 1. The van der Waals surface area contributed by atoms with Gasteiger partial charge in [0.05, 0.1) is 6.61 Å². The van der Waals surface area contributed by atoms with Crippen LogP contribution in [0, 0.1) is 0 Å². The zero-order valence-corrected chi connectivity index (χ0v) is 18.5. The minimum Gasteiger partial charge on any atom is -0.460 e. The van der Waals surface area contributed by atoms with Crippen LogP contribution in [0.25, 0.3) is 0 Å². The Morgan fingerprint density at radius 2 is 1.07 bits per heavy atom. The molecule has 3 heteroatoms. The molecular weight excluding hydrogens is 336 g/mol. The van der Waals surface area contributed by atoms with Gasteiger partial charge in [-0.3, -0.25) is 4.79 Å². The summed E-state index contributed by atoms with van der Waals surface area (Å²) in [5, 5.41) is 9.29. The molecular formula is C24H48O3. The van der Waals surface area contributed by atoms with Crippen LogP contribution in [-0.4, -0.2) is 23.8 Å². The standard InChI is InChI=1S/C24H48O3/c1-3-5-6-7-8-9-10-11-12-13-14-15-16-17-18-19-21-23(22-25)27-24(26)20-4-2/h23,25H,3-22H2,1-2H3. The van der Waals surface area contributed by atoms with E-state index in [2.05, 4.69) is 6.92 Å². The molecule has 0 aromatic heterocycles. The van der Waals surface area contributed by atoms with Gasteiger partial charge in [0.25, 0.3) is 0 Å². The lowest BCUT2D eigenvalue weighted by atomic mass is 10.0. The van der Waals surface area contributed by atoms with E-state index < -0.39 is 0 Å². The Morgan fingerprint density at radius 1 is 0.667 bits per heavy atom. The van der Waals surface area contributed by atoms with E-state index in [1.165, 1.54) is 96.3 Å². The highest BCUT2D eigenvalue weighted by Gasteiger charge is 2.12. The molecule has 3 nitrogen and oxygen atoms in total. The first kappa shape index (κ1) is 26.4. The van der Waals surface area contributed by atoms with Gasteiger partial charge in [0, 0.05) is 6.42 Å². The third kappa shape index (κ3) is 20.0. The fourth-order valence-corrected chi connectivity index (χ4v) is 3.56. The summed E-state index contributed by atoms with van der Waals surface area (Å²) in [6.45, 7) is 4.19. The summed E-state index contributed by atoms with van der Waals surface area (Å²) >= 11 is 0. The van der Waals surface area contributed by atoms with Crippen LogP contribution in [0.15, 0.2) is 0 Å². The number of unbranched alkanes of at least 4 members (excludes halogenated alkanes) is 15. The van der Waals surface area contributed by atoms with E-state index in [-0.39, 0.29) is 18.7 Å². The number of hydrogen-bond acceptors (Lipinski definition) is 3. The predicted octanol–water partition coefficient (Wildman–Crippen LogP) is 7.34. The molecule has 0 bridgehead atoms. The highest BCUT2D eigenvalue weighted by atomic mass is 16.5. The van der Waals surface area contributed by atoms with Gasteiger partial charge in [-0.15, -0.1) is 0 Å². The van der Waals surface area contributed by atoms with Crippen LogP contribution in [0.1, 0.15) is 136 Å². The molecule has 1 atom stereocenters. The van der Waals surface area contributed by atoms with Crippen LogP contribution in [0.2, 0.25) is 0 Å². The SMILES string of the molecule is CCCCCCCCCCCCCCCCCCC(CO)OC(=O)CCC. The molecule has 0 aromatic carbocycles. The van der Waals surface area contributed by atoms with Crippen LogP contribution < -0.4 is 0 Å². The van der Waals surface area contributed by atoms with E-state index in [4.69, 9.17) is 4.74 Å². The van der Waals surface area contributed by atoms with Gasteiger partial charge in [0.1, 0.15) is 6.10 Å². The Kier molecular flexibility index (Phi) is 21.3. The predicted molar refractivity (Wildman–Crippen MR) is 116 cm³/mol. The first-order chi connectivity index (χ1) is 13.2. The summed E-state index contributed by atoms with van der Waals surface area (Å²) in [7, 11) is 0. The first-order valence-corrected chi connectivity index (χ1v) is 12.0. The maximum absolute atomic E-state index is 11.5. The lowest BCUT2D eigenvalue weighted by molar-refractivity contribution is -0.151. The molecule has 0 aliphatic rings. The Hall–Kier alpha value is -0.570. The van der Waals surface area contributed by atoms with Crippen LogP contribution >= 0.6 is 0 Å². The normalized spacial score (nSPS) is 12.3. The molecule has 162 valence electrons. The number of rotatable bonds is 21. The van der Waals surface area contributed by atoms with Gasteiger partial charge in [-0.2, -0.15) is 0 Å². The molecule has 0 aromatic rings. The summed E-state index contributed by atoms with van der Waals surface area (Å²) in [4.78, 5) is 11.5. The molecule has 0 saturated carbocycles. The molecule has 0 aliphatic heterocycles. The first-order valence-electron chi connectivity index (χ1n) is 12.0. The largest absolute Gasteiger partial charge is 0.460 e. The Bertz CT molecular complexity index is 304. The molecule has 0 saturated heterocycles. The quantitative estimate of drug-likeness (QED) is 0.166. The zero-order chi connectivity index (χ0) is 20.0. The van der Waals surface area contributed by atoms with E-state index in [0.29, 0.717) is 6.42 Å². The number of aliphatic hydroxyl groups excluding tert-OH is 1. The van der Waals surface area contributed by atoms with E-state index in [0.717, 1.165) is 19.3 Å². The number of hydrogen-bond donors (Lipinski definition) is 1. The van der Waals surface area contributed by atoms with E-state index in [1.807, 2.05) is 6.92 Å². The van der Waals surface area contributed by atoms with Crippen molar-refractivity contribution in [3.05, 3.63) is 0 Å². The maximum Gasteiger partial charge on any atom is 0.306 e. The van der Waals surface area contributed by atoms with Gasteiger partial charge < -0.3 is 9.84 Å². The maximum atomic E-state index is 11.5. The van der Waals surface area contributed by atoms with Gasteiger partial charge in [0.15, 0.2) is 0 Å². The topological polar surface area (TPSA) is 46.5 Å². The molecule has 0 amide bonds. The van der Waals surface area contributed by atoms with Crippen molar-refractivity contribution in [2.45, 2.75) is 142 Å². The lowest BCUT2D eigenvalue weighted by Crippen LogP contribution is -2.21. The zero-order valence-electron chi connectivity index (χ0n) is 18.5. The highest BCUT2D eigenvalue weighted by molar-refractivity contribution is 5.69. The second-order valence-corrected chi connectivity index (χ2v) is 8.14. The fraction of sp³-hybridized carbons (Fsp3) is 0.958. The summed E-state index contributed by atoms with van der Waals surface area (Å²) < 4.78 is 5.28. The molecule has 1 N–H and O–H groups in total. The van der Waals surface area contributed by atoms with Crippen molar-refractivity contribution in [2.75, 3.05) is 6.61 Å². The summed E-state index contributed by atoms with van der Waals surface area (Å²) in [5.74, 6) is -0.173.